The zero-order valence-electron chi connectivity index (χ0n) is 10.7. The minimum Gasteiger partial charge on any atom is -0.360 e. The van der Waals surface area contributed by atoms with Crippen molar-refractivity contribution >= 4 is 27.3 Å². The molecule has 0 aliphatic rings. The van der Waals surface area contributed by atoms with E-state index in [2.05, 4.69) is 5.16 Å². The summed E-state index contributed by atoms with van der Waals surface area (Å²) in [4.78, 5) is 0.102. The third-order valence-corrected chi connectivity index (χ3v) is 5.06. The summed E-state index contributed by atoms with van der Waals surface area (Å²) in [6.07, 6.45) is 0. The molecular weight excluding hydrogens is 288 g/mol. The van der Waals surface area contributed by atoms with Gasteiger partial charge in [-0.05, 0) is 38.1 Å². The number of hydrogen-bond acceptors (Lipinski definition) is 4. The molecule has 0 unspecified atom stereocenters. The molecule has 0 aliphatic carbocycles. The summed E-state index contributed by atoms with van der Waals surface area (Å²) in [7, 11) is -2.21. The topological polar surface area (TPSA) is 63.4 Å². The van der Waals surface area contributed by atoms with Crippen molar-refractivity contribution in [1.29, 1.82) is 0 Å². The van der Waals surface area contributed by atoms with Crippen molar-refractivity contribution in [3.63, 3.8) is 0 Å². The number of halogens is 1. The van der Waals surface area contributed by atoms with Crippen LogP contribution in [0.4, 0.5) is 5.69 Å². The van der Waals surface area contributed by atoms with Crippen molar-refractivity contribution < 1.29 is 12.9 Å². The van der Waals surface area contributed by atoms with Gasteiger partial charge in [0.1, 0.15) is 5.69 Å². The standard InChI is InChI=1S/C12H13ClN2O3S/c1-8-12(9(2)18-14-8)19(16,17)15(3)11-6-4-10(13)5-7-11/h4-7H,1-3H3. The van der Waals surface area contributed by atoms with Gasteiger partial charge in [0.15, 0.2) is 10.7 Å². The van der Waals surface area contributed by atoms with Crippen molar-refractivity contribution in [3.05, 3.63) is 40.7 Å². The molecule has 0 bridgehead atoms. The Kier molecular flexibility index (Phi) is 3.56. The van der Waals surface area contributed by atoms with Gasteiger partial charge in [-0.2, -0.15) is 0 Å². The highest BCUT2D eigenvalue weighted by Gasteiger charge is 2.28. The van der Waals surface area contributed by atoms with Crippen LogP contribution in [-0.4, -0.2) is 20.6 Å². The predicted octanol–water partition coefficient (Wildman–Crippen LogP) is 2.77. The summed E-state index contributed by atoms with van der Waals surface area (Å²) in [6, 6.07) is 6.54. The van der Waals surface area contributed by atoms with Gasteiger partial charge in [0.05, 0.1) is 5.69 Å². The van der Waals surface area contributed by atoms with E-state index in [1.54, 1.807) is 38.1 Å². The van der Waals surface area contributed by atoms with Gasteiger partial charge >= 0.3 is 0 Å². The Balaban J connectivity index is 2.48. The SMILES string of the molecule is Cc1noc(C)c1S(=O)(=O)N(C)c1ccc(Cl)cc1. The van der Waals surface area contributed by atoms with Gasteiger partial charge in [-0.15, -0.1) is 0 Å². The molecular formula is C12H13ClN2O3S. The maximum atomic E-state index is 12.5. The first-order valence-corrected chi connectivity index (χ1v) is 7.33. The molecule has 0 saturated heterocycles. The van der Waals surface area contributed by atoms with Gasteiger partial charge in [-0.1, -0.05) is 16.8 Å². The van der Waals surface area contributed by atoms with Crippen LogP contribution >= 0.6 is 11.6 Å². The van der Waals surface area contributed by atoms with Gasteiger partial charge in [-0.25, -0.2) is 8.42 Å². The molecule has 0 spiro atoms. The molecule has 1 aromatic carbocycles. The number of benzene rings is 1. The molecule has 0 fully saturated rings. The predicted molar refractivity (Wildman–Crippen MR) is 73.0 cm³/mol. The zero-order valence-corrected chi connectivity index (χ0v) is 12.3. The van der Waals surface area contributed by atoms with Crippen LogP contribution < -0.4 is 4.31 Å². The van der Waals surface area contributed by atoms with Gasteiger partial charge in [-0.3, -0.25) is 4.31 Å². The van der Waals surface area contributed by atoms with Crippen LogP contribution in [0.1, 0.15) is 11.5 Å². The molecule has 0 radical (unpaired) electrons. The van der Waals surface area contributed by atoms with Gasteiger partial charge in [0.25, 0.3) is 10.0 Å². The van der Waals surface area contributed by atoms with Crippen LogP contribution in [-0.2, 0) is 10.0 Å². The fourth-order valence-electron chi connectivity index (χ4n) is 1.77. The molecule has 0 N–H and O–H groups in total. The highest BCUT2D eigenvalue weighted by Crippen LogP contribution is 2.27. The van der Waals surface area contributed by atoms with Crippen LogP contribution in [0.15, 0.2) is 33.7 Å². The van der Waals surface area contributed by atoms with E-state index in [1.807, 2.05) is 0 Å². The number of sulfonamides is 1. The number of aromatic nitrogens is 1. The Morgan fingerprint density at radius 3 is 2.26 bits per heavy atom. The number of hydrogen-bond donors (Lipinski definition) is 0. The summed E-state index contributed by atoms with van der Waals surface area (Å²) in [5.74, 6) is 0.276. The lowest BCUT2D eigenvalue weighted by Crippen LogP contribution is -2.27. The molecule has 102 valence electrons. The van der Waals surface area contributed by atoms with E-state index >= 15 is 0 Å². The van der Waals surface area contributed by atoms with Gasteiger partial charge < -0.3 is 4.52 Å². The molecule has 2 rings (SSSR count). The minimum atomic E-state index is -3.69. The van der Waals surface area contributed by atoms with Crippen molar-refractivity contribution in [2.45, 2.75) is 18.7 Å². The number of anilines is 1. The van der Waals surface area contributed by atoms with Gasteiger partial charge in [0, 0.05) is 12.1 Å². The molecule has 0 atom stereocenters. The summed E-state index contributed by atoms with van der Waals surface area (Å²) in [6.45, 7) is 3.17. The number of rotatable bonds is 3. The second-order valence-electron chi connectivity index (χ2n) is 4.10. The fraction of sp³-hybridized carbons (Fsp3) is 0.250. The molecule has 0 saturated carbocycles. The van der Waals surface area contributed by atoms with E-state index in [0.717, 1.165) is 0 Å². The van der Waals surface area contributed by atoms with Crippen LogP contribution in [0.3, 0.4) is 0 Å². The molecule has 1 heterocycles. The Morgan fingerprint density at radius 2 is 1.79 bits per heavy atom. The average Bonchev–Trinajstić information content (AvgIpc) is 2.69. The molecule has 1 aromatic heterocycles. The second kappa shape index (κ2) is 4.86. The maximum absolute atomic E-state index is 12.5. The lowest BCUT2D eigenvalue weighted by atomic mass is 10.3. The van der Waals surface area contributed by atoms with Crippen LogP contribution in [0, 0.1) is 13.8 Å². The first-order chi connectivity index (χ1) is 8.84. The molecule has 7 heteroatoms. The molecule has 0 amide bonds. The average molecular weight is 301 g/mol. The Labute approximate surface area is 116 Å². The fourth-order valence-corrected chi connectivity index (χ4v) is 3.38. The quantitative estimate of drug-likeness (QED) is 0.874. The maximum Gasteiger partial charge on any atom is 0.269 e. The van der Waals surface area contributed by atoms with Crippen molar-refractivity contribution in [2.75, 3.05) is 11.4 Å². The highest BCUT2D eigenvalue weighted by molar-refractivity contribution is 7.92. The summed E-state index contributed by atoms with van der Waals surface area (Å²) < 4.78 is 31.1. The molecule has 2 aromatic rings. The largest absolute Gasteiger partial charge is 0.360 e. The Morgan fingerprint density at radius 1 is 1.21 bits per heavy atom. The van der Waals surface area contributed by atoms with Crippen LogP contribution in [0.25, 0.3) is 0 Å². The van der Waals surface area contributed by atoms with Crippen molar-refractivity contribution in [3.8, 4) is 0 Å². The lowest BCUT2D eigenvalue weighted by Gasteiger charge is -2.19. The van der Waals surface area contributed by atoms with Crippen molar-refractivity contribution in [2.24, 2.45) is 0 Å². The Hall–Kier alpha value is -1.53. The number of nitrogens with zero attached hydrogens (tertiary/aromatic N) is 2. The van der Waals surface area contributed by atoms with E-state index in [9.17, 15) is 8.42 Å². The summed E-state index contributed by atoms with van der Waals surface area (Å²) in [5.41, 5.74) is 0.864. The molecule has 19 heavy (non-hydrogen) atoms. The first-order valence-electron chi connectivity index (χ1n) is 5.51. The smallest absolute Gasteiger partial charge is 0.269 e. The normalized spacial score (nSPS) is 11.6. The minimum absolute atomic E-state index is 0.102. The van der Waals surface area contributed by atoms with E-state index in [4.69, 9.17) is 16.1 Å². The zero-order chi connectivity index (χ0) is 14.2. The van der Waals surface area contributed by atoms with Gasteiger partial charge in [0.2, 0.25) is 0 Å². The summed E-state index contributed by atoms with van der Waals surface area (Å²) >= 11 is 5.79. The van der Waals surface area contributed by atoms with E-state index < -0.39 is 10.0 Å². The molecule has 5 nitrogen and oxygen atoms in total. The monoisotopic (exact) mass is 300 g/mol. The number of aryl methyl sites for hydroxylation is 2. The third kappa shape index (κ3) is 2.46. The highest BCUT2D eigenvalue weighted by atomic mass is 35.5. The second-order valence-corrected chi connectivity index (χ2v) is 6.44. The lowest BCUT2D eigenvalue weighted by molar-refractivity contribution is 0.390. The Bertz CT molecular complexity index is 673. The van der Waals surface area contributed by atoms with E-state index in [-0.39, 0.29) is 10.7 Å². The summed E-state index contributed by atoms with van der Waals surface area (Å²) in [5, 5.41) is 4.22. The van der Waals surface area contributed by atoms with E-state index in [0.29, 0.717) is 16.4 Å². The van der Waals surface area contributed by atoms with Crippen molar-refractivity contribution in [1.82, 2.24) is 5.16 Å². The first kappa shape index (κ1) is 13.9. The molecule has 0 aliphatic heterocycles. The van der Waals surface area contributed by atoms with Crippen LogP contribution in [0.2, 0.25) is 5.02 Å². The third-order valence-electron chi connectivity index (χ3n) is 2.78. The van der Waals surface area contributed by atoms with Crippen LogP contribution in [0.5, 0.6) is 0 Å². The van der Waals surface area contributed by atoms with E-state index in [1.165, 1.54) is 11.4 Å².